The summed E-state index contributed by atoms with van der Waals surface area (Å²) in [5.41, 5.74) is 2.98. The number of sulfonamides is 1. The van der Waals surface area contributed by atoms with Gasteiger partial charge in [0.2, 0.25) is 0 Å². The lowest BCUT2D eigenvalue weighted by atomic mass is 10.3. The van der Waals surface area contributed by atoms with Gasteiger partial charge in [-0.05, 0) is 30.7 Å². The largest absolute Gasteiger partial charge is 0.347 e. The molecule has 0 radical (unpaired) electrons. The highest BCUT2D eigenvalue weighted by Crippen LogP contribution is 2.15. The molecule has 2 heterocycles. The molecule has 0 saturated heterocycles. The SMILES string of the molecule is Cc1cc(S(=O)(=O)NNC(=O)c2cccn2C)cnc1Cl. The highest BCUT2D eigenvalue weighted by Gasteiger charge is 2.18. The van der Waals surface area contributed by atoms with Gasteiger partial charge in [0.05, 0.1) is 0 Å². The number of rotatable bonds is 4. The molecule has 7 nitrogen and oxygen atoms in total. The fourth-order valence-electron chi connectivity index (χ4n) is 1.61. The molecular weight excluding hydrogens is 316 g/mol. The van der Waals surface area contributed by atoms with Crippen molar-refractivity contribution >= 4 is 27.5 Å². The number of carbonyl (C=O) groups is 1. The first-order valence-electron chi connectivity index (χ1n) is 5.87. The number of hydrogen-bond donors (Lipinski definition) is 2. The Balaban J connectivity index is 2.13. The standard InChI is InChI=1S/C12H13ClN4O3S/c1-8-6-9(7-14-11(8)13)21(19,20)16-15-12(18)10-4-3-5-17(10)2/h3-7,16H,1-2H3,(H,15,18). The van der Waals surface area contributed by atoms with E-state index in [0.29, 0.717) is 11.3 Å². The van der Waals surface area contributed by atoms with Crippen LogP contribution in [-0.2, 0) is 17.1 Å². The van der Waals surface area contributed by atoms with E-state index in [9.17, 15) is 13.2 Å². The average Bonchev–Trinajstić information content (AvgIpc) is 2.85. The Morgan fingerprint density at radius 3 is 2.71 bits per heavy atom. The maximum absolute atomic E-state index is 12.0. The lowest BCUT2D eigenvalue weighted by Crippen LogP contribution is -2.42. The molecule has 112 valence electrons. The topological polar surface area (TPSA) is 93.1 Å². The van der Waals surface area contributed by atoms with Gasteiger partial charge < -0.3 is 4.57 Å². The monoisotopic (exact) mass is 328 g/mol. The van der Waals surface area contributed by atoms with Crippen LogP contribution in [0.2, 0.25) is 5.15 Å². The third-order valence-corrected chi connectivity index (χ3v) is 4.39. The number of nitrogens with one attached hydrogen (secondary N) is 2. The van der Waals surface area contributed by atoms with Crippen LogP contribution in [0.15, 0.2) is 35.5 Å². The highest BCUT2D eigenvalue weighted by molar-refractivity contribution is 7.89. The Labute approximate surface area is 127 Å². The summed E-state index contributed by atoms with van der Waals surface area (Å²) in [7, 11) is -2.23. The number of hydrogen-bond acceptors (Lipinski definition) is 4. The molecule has 0 aliphatic rings. The van der Waals surface area contributed by atoms with Crippen LogP contribution in [0.5, 0.6) is 0 Å². The lowest BCUT2D eigenvalue weighted by Gasteiger charge is -2.09. The Kier molecular flexibility index (Phi) is 4.31. The van der Waals surface area contributed by atoms with Crippen LogP contribution < -0.4 is 10.3 Å². The average molecular weight is 329 g/mol. The van der Waals surface area contributed by atoms with E-state index in [1.54, 1.807) is 36.9 Å². The van der Waals surface area contributed by atoms with Crippen LogP contribution in [-0.4, -0.2) is 23.9 Å². The molecule has 2 N–H and O–H groups in total. The molecule has 21 heavy (non-hydrogen) atoms. The second-order valence-corrected chi connectivity index (χ2v) is 6.38. The van der Waals surface area contributed by atoms with Gasteiger partial charge in [-0.2, -0.15) is 0 Å². The van der Waals surface area contributed by atoms with E-state index in [-0.39, 0.29) is 10.0 Å². The molecule has 9 heteroatoms. The number of halogens is 1. The van der Waals surface area contributed by atoms with Gasteiger partial charge >= 0.3 is 0 Å². The number of nitrogens with zero attached hydrogens (tertiary/aromatic N) is 2. The van der Waals surface area contributed by atoms with Gasteiger partial charge in [0, 0.05) is 19.4 Å². The lowest BCUT2D eigenvalue weighted by molar-refractivity contribution is 0.0937. The van der Waals surface area contributed by atoms with E-state index >= 15 is 0 Å². The Morgan fingerprint density at radius 1 is 1.43 bits per heavy atom. The van der Waals surface area contributed by atoms with Crippen molar-refractivity contribution in [3.05, 3.63) is 47.0 Å². The molecule has 0 saturated carbocycles. The van der Waals surface area contributed by atoms with Crippen LogP contribution in [0.4, 0.5) is 0 Å². The molecule has 0 unspecified atom stereocenters. The second kappa shape index (κ2) is 5.84. The third kappa shape index (κ3) is 3.41. The van der Waals surface area contributed by atoms with E-state index in [1.807, 2.05) is 4.83 Å². The van der Waals surface area contributed by atoms with Gasteiger partial charge in [0.25, 0.3) is 15.9 Å². The van der Waals surface area contributed by atoms with Crippen molar-refractivity contribution in [2.45, 2.75) is 11.8 Å². The zero-order valence-electron chi connectivity index (χ0n) is 11.3. The summed E-state index contributed by atoms with van der Waals surface area (Å²) in [5.74, 6) is -0.565. The van der Waals surface area contributed by atoms with Crippen LogP contribution >= 0.6 is 11.6 Å². The normalized spacial score (nSPS) is 11.4. The molecule has 2 aromatic rings. The summed E-state index contributed by atoms with van der Waals surface area (Å²) >= 11 is 5.74. The Hall–Kier alpha value is -1.90. The van der Waals surface area contributed by atoms with Gasteiger partial charge in [-0.25, -0.2) is 13.4 Å². The molecule has 0 aromatic carbocycles. The molecule has 0 fully saturated rings. The van der Waals surface area contributed by atoms with Gasteiger partial charge in [0.1, 0.15) is 15.7 Å². The summed E-state index contributed by atoms with van der Waals surface area (Å²) < 4.78 is 25.6. The van der Waals surface area contributed by atoms with Crippen molar-refractivity contribution in [2.24, 2.45) is 7.05 Å². The van der Waals surface area contributed by atoms with Crippen molar-refractivity contribution in [1.29, 1.82) is 0 Å². The number of hydrazine groups is 1. The van der Waals surface area contributed by atoms with Crippen molar-refractivity contribution in [3.8, 4) is 0 Å². The van der Waals surface area contributed by atoms with Crippen molar-refractivity contribution in [3.63, 3.8) is 0 Å². The van der Waals surface area contributed by atoms with Gasteiger partial charge in [-0.3, -0.25) is 10.2 Å². The molecule has 0 bridgehead atoms. The van der Waals surface area contributed by atoms with Crippen LogP contribution in [0.1, 0.15) is 16.1 Å². The fourth-order valence-corrected chi connectivity index (χ4v) is 2.58. The first-order chi connectivity index (χ1) is 9.81. The zero-order valence-corrected chi connectivity index (χ0v) is 12.9. The molecule has 0 aliphatic heterocycles. The van der Waals surface area contributed by atoms with Crippen molar-refractivity contribution < 1.29 is 13.2 Å². The van der Waals surface area contributed by atoms with Crippen LogP contribution in [0.25, 0.3) is 0 Å². The molecule has 1 amide bonds. The number of aromatic nitrogens is 2. The van der Waals surface area contributed by atoms with E-state index in [4.69, 9.17) is 11.6 Å². The molecule has 0 aliphatic carbocycles. The highest BCUT2D eigenvalue weighted by atomic mass is 35.5. The number of carbonyl (C=O) groups excluding carboxylic acids is 1. The van der Waals surface area contributed by atoms with Crippen molar-refractivity contribution in [1.82, 2.24) is 19.8 Å². The van der Waals surface area contributed by atoms with Gasteiger partial charge in [0.15, 0.2) is 0 Å². The maximum Gasteiger partial charge on any atom is 0.282 e. The van der Waals surface area contributed by atoms with E-state index in [0.717, 1.165) is 6.20 Å². The first-order valence-corrected chi connectivity index (χ1v) is 7.73. The Morgan fingerprint density at radius 2 is 2.14 bits per heavy atom. The molecular formula is C12H13ClN4O3S. The van der Waals surface area contributed by atoms with Crippen molar-refractivity contribution in [2.75, 3.05) is 0 Å². The minimum atomic E-state index is -3.91. The van der Waals surface area contributed by atoms with E-state index in [2.05, 4.69) is 10.4 Å². The minimum absolute atomic E-state index is 0.0865. The number of aryl methyl sites for hydroxylation is 2. The minimum Gasteiger partial charge on any atom is -0.347 e. The first kappa shape index (κ1) is 15.5. The second-order valence-electron chi connectivity index (χ2n) is 4.34. The summed E-state index contributed by atoms with van der Waals surface area (Å²) in [5, 5.41) is 0.224. The van der Waals surface area contributed by atoms with Gasteiger partial charge in [-0.15, -0.1) is 4.83 Å². The third-order valence-electron chi connectivity index (χ3n) is 2.77. The molecule has 2 rings (SSSR count). The Bertz CT molecular complexity index is 786. The summed E-state index contributed by atoms with van der Waals surface area (Å²) in [6, 6.07) is 4.61. The fraction of sp³-hybridized carbons (Fsp3) is 0.167. The predicted octanol–water partition coefficient (Wildman–Crippen LogP) is 1.01. The summed E-state index contributed by atoms with van der Waals surface area (Å²) in [6.07, 6.45) is 2.79. The maximum atomic E-state index is 12.0. The predicted molar refractivity (Wildman–Crippen MR) is 77.2 cm³/mol. The zero-order chi connectivity index (χ0) is 15.6. The van der Waals surface area contributed by atoms with Crippen LogP contribution in [0.3, 0.4) is 0 Å². The number of pyridine rings is 1. The smallest absolute Gasteiger partial charge is 0.282 e. The van der Waals surface area contributed by atoms with E-state index in [1.165, 1.54) is 6.07 Å². The molecule has 2 aromatic heterocycles. The van der Waals surface area contributed by atoms with Crippen LogP contribution in [0, 0.1) is 6.92 Å². The van der Waals surface area contributed by atoms with E-state index < -0.39 is 15.9 Å². The molecule has 0 spiro atoms. The number of amides is 1. The summed E-state index contributed by atoms with van der Waals surface area (Å²) in [4.78, 5) is 17.5. The summed E-state index contributed by atoms with van der Waals surface area (Å²) in [6.45, 7) is 1.64. The molecule has 0 atom stereocenters. The quantitative estimate of drug-likeness (QED) is 0.647. The van der Waals surface area contributed by atoms with Gasteiger partial charge in [-0.1, -0.05) is 11.6 Å².